The Balaban J connectivity index is 1.78. The van der Waals surface area contributed by atoms with Gasteiger partial charge in [-0.15, -0.1) is 10.2 Å². The summed E-state index contributed by atoms with van der Waals surface area (Å²) in [7, 11) is 0. The zero-order valence-corrected chi connectivity index (χ0v) is 20.3. The number of rotatable bonds is 3. The Labute approximate surface area is 201 Å². The van der Waals surface area contributed by atoms with E-state index in [9.17, 15) is 14.7 Å². The number of benzene rings is 1. The van der Waals surface area contributed by atoms with Gasteiger partial charge in [0.2, 0.25) is 5.13 Å². The zero-order valence-electron chi connectivity index (χ0n) is 17.9. The predicted molar refractivity (Wildman–Crippen MR) is 128 cm³/mol. The van der Waals surface area contributed by atoms with Crippen molar-refractivity contribution in [2.75, 3.05) is 4.90 Å². The first kappa shape index (κ1) is 21.5. The molecule has 166 valence electrons. The van der Waals surface area contributed by atoms with E-state index in [1.54, 1.807) is 13.0 Å². The molecule has 5 rings (SSSR count). The molecular weight excluding hydrogens is 506 g/mol. The number of halogens is 1. The van der Waals surface area contributed by atoms with Crippen LogP contribution in [-0.2, 0) is 9.59 Å². The number of hydrogen-bond acceptors (Lipinski definition) is 7. The summed E-state index contributed by atoms with van der Waals surface area (Å²) in [5.41, 5.74) is 3.14. The van der Waals surface area contributed by atoms with E-state index < -0.39 is 17.7 Å². The van der Waals surface area contributed by atoms with Crippen LogP contribution in [0.2, 0.25) is 0 Å². The summed E-state index contributed by atoms with van der Waals surface area (Å²) in [6, 6.07) is 10.2. The van der Waals surface area contributed by atoms with Gasteiger partial charge >= 0.3 is 5.91 Å². The van der Waals surface area contributed by atoms with Crippen molar-refractivity contribution in [3.63, 3.8) is 0 Å². The number of Topliss-reactive ketones (excluding diaryl/α,β-unsaturated/α-hetero) is 1. The second-order valence-corrected chi connectivity index (χ2v) is 9.83. The Kier molecular flexibility index (Phi) is 5.13. The molecule has 1 aromatic carbocycles. The minimum atomic E-state index is -0.875. The van der Waals surface area contributed by atoms with Crippen LogP contribution in [0.3, 0.4) is 0 Å². The third-order valence-electron chi connectivity index (χ3n) is 5.64. The average Bonchev–Trinajstić information content (AvgIpc) is 3.43. The summed E-state index contributed by atoms with van der Waals surface area (Å²) >= 11 is 4.66. The summed E-state index contributed by atoms with van der Waals surface area (Å²) in [5, 5.41) is 20.5. The van der Waals surface area contributed by atoms with Gasteiger partial charge in [0.15, 0.2) is 5.76 Å². The first-order valence-electron chi connectivity index (χ1n) is 10.1. The van der Waals surface area contributed by atoms with Gasteiger partial charge in [-0.05, 0) is 50.1 Å². The highest BCUT2D eigenvalue weighted by Gasteiger charge is 2.48. The number of aromatic nitrogens is 4. The highest BCUT2D eigenvalue weighted by molar-refractivity contribution is 9.10. The Bertz CT molecular complexity index is 1490. The second-order valence-electron chi connectivity index (χ2n) is 7.76. The molecule has 4 heterocycles. The molecule has 1 aliphatic rings. The largest absolute Gasteiger partial charge is 0.505 e. The van der Waals surface area contributed by atoms with E-state index in [1.165, 1.54) is 16.2 Å². The fourth-order valence-electron chi connectivity index (χ4n) is 4.08. The Hall–Kier alpha value is -3.37. The quantitative estimate of drug-likeness (QED) is 0.241. The lowest BCUT2D eigenvalue weighted by molar-refractivity contribution is -0.132. The van der Waals surface area contributed by atoms with Crippen molar-refractivity contribution in [2.45, 2.75) is 26.8 Å². The molecule has 1 saturated heterocycles. The third-order valence-corrected chi connectivity index (χ3v) is 6.97. The van der Waals surface area contributed by atoms with Gasteiger partial charge in [0.25, 0.3) is 5.78 Å². The maximum atomic E-state index is 13.3. The molecule has 0 spiro atoms. The standard InChI is InChI=1S/C23H18BrN5O3S/c1-11-6-5-9-28-12(2)17(25-21(11)28)19(30)16-18(14-7-4-8-15(24)10-14)29(22(32)20(16)31)23-27-26-13(3)33-23/h4-10,18,30H,1-3H3/b19-16+. The molecule has 3 aromatic heterocycles. The predicted octanol–water partition coefficient (Wildman–Crippen LogP) is 4.50. The Morgan fingerprint density at radius 3 is 2.58 bits per heavy atom. The molecule has 10 heteroatoms. The lowest BCUT2D eigenvalue weighted by atomic mass is 9.96. The van der Waals surface area contributed by atoms with Crippen LogP contribution in [0.15, 0.2) is 52.6 Å². The van der Waals surface area contributed by atoms with Crippen LogP contribution in [-0.4, -0.2) is 36.4 Å². The minimum absolute atomic E-state index is 0.0323. The van der Waals surface area contributed by atoms with Crippen LogP contribution >= 0.6 is 27.3 Å². The van der Waals surface area contributed by atoms with Gasteiger partial charge in [0.1, 0.15) is 16.3 Å². The molecule has 0 radical (unpaired) electrons. The number of aryl methyl sites for hydroxylation is 3. The van der Waals surface area contributed by atoms with Crippen LogP contribution in [0.4, 0.5) is 5.13 Å². The van der Waals surface area contributed by atoms with Crippen molar-refractivity contribution in [2.24, 2.45) is 0 Å². The SMILES string of the molecule is Cc1nnc(N2C(=O)C(=O)/C(=C(/O)c3nc4c(C)cccn4c3C)C2c2cccc(Br)c2)s1. The molecule has 1 N–H and O–H groups in total. The topological polar surface area (TPSA) is 101 Å². The summed E-state index contributed by atoms with van der Waals surface area (Å²) in [6.07, 6.45) is 1.84. The van der Waals surface area contributed by atoms with Crippen molar-refractivity contribution in [1.29, 1.82) is 0 Å². The molecule has 0 bridgehead atoms. The highest BCUT2D eigenvalue weighted by Crippen LogP contribution is 2.43. The molecule has 8 nitrogen and oxygen atoms in total. The maximum Gasteiger partial charge on any atom is 0.301 e. The van der Waals surface area contributed by atoms with Crippen molar-refractivity contribution < 1.29 is 14.7 Å². The second kappa shape index (κ2) is 7.89. The summed E-state index contributed by atoms with van der Waals surface area (Å²) in [4.78, 5) is 32.4. The van der Waals surface area contributed by atoms with E-state index in [-0.39, 0.29) is 17.0 Å². The number of aliphatic hydroxyl groups is 1. The number of fused-ring (bicyclic) bond motifs is 1. The van der Waals surface area contributed by atoms with Crippen LogP contribution < -0.4 is 4.90 Å². The summed E-state index contributed by atoms with van der Waals surface area (Å²) in [5.74, 6) is -1.88. The fraction of sp³-hybridized carbons (Fsp3) is 0.174. The van der Waals surface area contributed by atoms with Crippen LogP contribution in [0.1, 0.15) is 33.6 Å². The number of aliphatic hydroxyl groups excluding tert-OH is 1. The minimum Gasteiger partial charge on any atom is -0.505 e. The summed E-state index contributed by atoms with van der Waals surface area (Å²) in [6.45, 7) is 5.50. The number of hydrogen-bond donors (Lipinski definition) is 1. The maximum absolute atomic E-state index is 13.3. The number of amides is 1. The molecular formula is C23H18BrN5O3S. The molecule has 1 unspecified atom stereocenters. The average molecular weight is 524 g/mol. The fourth-order valence-corrected chi connectivity index (χ4v) is 5.21. The van der Waals surface area contributed by atoms with Crippen molar-refractivity contribution >= 4 is 55.5 Å². The van der Waals surface area contributed by atoms with E-state index in [4.69, 9.17) is 0 Å². The van der Waals surface area contributed by atoms with Crippen LogP contribution in [0.5, 0.6) is 0 Å². The van der Waals surface area contributed by atoms with Gasteiger partial charge in [0, 0.05) is 10.7 Å². The van der Waals surface area contributed by atoms with Gasteiger partial charge in [0.05, 0.1) is 17.3 Å². The number of ketones is 1. The normalized spacial score (nSPS) is 17.9. The van der Waals surface area contributed by atoms with Crippen LogP contribution in [0, 0.1) is 20.8 Å². The molecule has 1 aliphatic heterocycles. The molecule has 0 aliphatic carbocycles. The lowest BCUT2D eigenvalue weighted by Crippen LogP contribution is -2.29. The number of imidazole rings is 1. The first-order valence-corrected chi connectivity index (χ1v) is 11.7. The molecule has 0 saturated carbocycles. The van der Waals surface area contributed by atoms with E-state index in [2.05, 4.69) is 31.1 Å². The molecule has 33 heavy (non-hydrogen) atoms. The van der Waals surface area contributed by atoms with Gasteiger partial charge in [-0.3, -0.25) is 14.5 Å². The van der Waals surface area contributed by atoms with Gasteiger partial charge in [-0.2, -0.15) is 0 Å². The Morgan fingerprint density at radius 2 is 1.91 bits per heavy atom. The number of pyridine rings is 1. The molecule has 1 atom stereocenters. The van der Waals surface area contributed by atoms with Gasteiger partial charge in [-0.25, -0.2) is 4.98 Å². The lowest BCUT2D eigenvalue weighted by Gasteiger charge is -2.22. The smallest absolute Gasteiger partial charge is 0.301 e. The van der Waals surface area contributed by atoms with Crippen molar-refractivity contribution in [3.8, 4) is 0 Å². The molecule has 1 amide bonds. The van der Waals surface area contributed by atoms with Crippen molar-refractivity contribution in [1.82, 2.24) is 19.6 Å². The van der Waals surface area contributed by atoms with E-state index in [0.717, 1.165) is 10.0 Å². The number of carbonyl (C=O) groups excluding carboxylic acids is 2. The summed E-state index contributed by atoms with van der Waals surface area (Å²) < 4.78 is 2.63. The first-order chi connectivity index (χ1) is 15.8. The van der Waals surface area contributed by atoms with Gasteiger partial charge in [-0.1, -0.05) is 45.5 Å². The number of anilines is 1. The molecule has 1 fully saturated rings. The van der Waals surface area contributed by atoms with Crippen LogP contribution in [0.25, 0.3) is 11.4 Å². The van der Waals surface area contributed by atoms with E-state index >= 15 is 0 Å². The number of carbonyl (C=O) groups is 2. The highest BCUT2D eigenvalue weighted by atomic mass is 79.9. The molecule has 4 aromatic rings. The number of nitrogens with zero attached hydrogens (tertiary/aromatic N) is 5. The monoisotopic (exact) mass is 523 g/mol. The van der Waals surface area contributed by atoms with E-state index in [1.807, 2.05) is 54.8 Å². The third kappa shape index (κ3) is 3.37. The van der Waals surface area contributed by atoms with E-state index in [0.29, 0.717) is 27.0 Å². The van der Waals surface area contributed by atoms with Gasteiger partial charge < -0.3 is 9.51 Å². The van der Waals surface area contributed by atoms with Crippen molar-refractivity contribution in [3.05, 3.63) is 80.2 Å². The zero-order chi connectivity index (χ0) is 23.4. The Morgan fingerprint density at radius 1 is 1.12 bits per heavy atom.